The Hall–Kier alpha value is -2.05. The standard InChI is InChI=1S/C14H12ClNO4S/c1-9-3-2-4-12(14(17)18)13(9)16-21(19,20)11-7-5-10(15)6-8-11/h2-8,16H,1H3,(H,17,18). The lowest BCUT2D eigenvalue weighted by Gasteiger charge is -2.13. The van der Waals surface area contributed by atoms with Crippen LogP contribution >= 0.6 is 11.6 Å². The molecule has 2 aromatic rings. The van der Waals surface area contributed by atoms with Crippen LogP contribution in [0, 0.1) is 6.92 Å². The molecule has 5 nitrogen and oxygen atoms in total. The summed E-state index contributed by atoms with van der Waals surface area (Å²) in [6.45, 7) is 1.63. The van der Waals surface area contributed by atoms with Gasteiger partial charge in [0.2, 0.25) is 0 Å². The Morgan fingerprint density at radius 3 is 2.33 bits per heavy atom. The lowest BCUT2D eigenvalue weighted by molar-refractivity contribution is 0.0698. The number of anilines is 1. The van der Waals surface area contributed by atoms with Gasteiger partial charge >= 0.3 is 5.97 Å². The van der Waals surface area contributed by atoms with Gasteiger partial charge in [-0.1, -0.05) is 23.7 Å². The van der Waals surface area contributed by atoms with Crippen LogP contribution in [0.3, 0.4) is 0 Å². The quantitative estimate of drug-likeness (QED) is 0.904. The van der Waals surface area contributed by atoms with Crippen molar-refractivity contribution in [2.45, 2.75) is 11.8 Å². The van der Waals surface area contributed by atoms with Crippen LogP contribution in [-0.4, -0.2) is 19.5 Å². The number of nitrogens with one attached hydrogen (secondary N) is 1. The third kappa shape index (κ3) is 3.34. The lowest BCUT2D eigenvalue weighted by atomic mass is 10.1. The maximum Gasteiger partial charge on any atom is 0.337 e. The molecule has 2 rings (SSSR count). The van der Waals surface area contributed by atoms with Gasteiger partial charge in [0.15, 0.2) is 0 Å². The molecule has 0 bridgehead atoms. The van der Waals surface area contributed by atoms with Crippen molar-refractivity contribution in [3.8, 4) is 0 Å². The van der Waals surface area contributed by atoms with Crippen LogP contribution in [0.4, 0.5) is 5.69 Å². The van der Waals surface area contributed by atoms with Crippen molar-refractivity contribution in [2.75, 3.05) is 4.72 Å². The number of hydrogen-bond donors (Lipinski definition) is 2. The summed E-state index contributed by atoms with van der Waals surface area (Å²) in [4.78, 5) is 11.2. The molecular formula is C14H12ClNO4S. The molecule has 0 amide bonds. The average molecular weight is 326 g/mol. The predicted molar refractivity (Wildman–Crippen MR) is 80.4 cm³/mol. The van der Waals surface area contributed by atoms with Gasteiger partial charge in [0, 0.05) is 5.02 Å². The Morgan fingerprint density at radius 2 is 1.76 bits per heavy atom. The largest absolute Gasteiger partial charge is 0.478 e. The SMILES string of the molecule is Cc1cccc(C(=O)O)c1NS(=O)(=O)c1ccc(Cl)cc1. The molecule has 0 atom stereocenters. The van der Waals surface area contributed by atoms with Crippen molar-refractivity contribution < 1.29 is 18.3 Å². The summed E-state index contributed by atoms with van der Waals surface area (Å²) in [5, 5.41) is 9.55. The monoisotopic (exact) mass is 325 g/mol. The Labute approximate surface area is 127 Å². The molecule has 0 radical (unpaired) electrons. The summed E-state index contributed by atoms with van der Waals surface area (Å²) in [5.74, 6) is -1.20. The molecule has 0 unspecified atom stereocenters. The maximum atomic E-state index is 12.3. The number of sulfonamides is 1. The number of aromatic carboxylic acids is 1. The first kappa shape index (κ1) is 15.3. The van der Waals surface area contributed by atoms with E-state index in [0.717, 1.165) is 0 Å². The van der Waals surface area contributed by atoms with Gasteiger partial charge in [0.1, 0.15) is 0 Å². The molecule has 7 heteroatoms. The fourth-order valence-electron chi connectivity index (χ4n) is 1.79. The van der Waals surface area contributed by atoms with E-state index in [1.165, 1.54) is 30.3 Å². The van der Waals surface area contributed by atoms with Gasteiger partial charge in [-0.3, -0.25) is 4.72 Å². The molecule has 0 aromatic heterocycles. The zero-order chi connectivity index (χ0) is 15.6. The highest BCUT2D eigenvalue weighted by Crippen LogP contribution is 2.24. The van der Waals surface area contributed by atoms with E-state index in [4.69, 9.17) is 16.7 Å². The molecule has 0 fully saturated rings. The second-order valence-electron chi connectivity index (χ2n) is 4.36. The average Bonchev–Trinajstić information content (AvgIpc) is 2.41. The number of rotatable bonds is 4. The molecular weight excluding hydrogens is 314 g/mol. The van der Waals surface area contributed by atoms with Crippen LogP contribution in [0.25, 0.3) is 0 Å². The fourth-order valence-corrected chi connectivity index (χ4v) is 3.07. The minimum Gasteiger partial charge on any atom is -0.478 e. The normalized spacial score (nSPS) is 11.1. The molecule has 0 aliphatic heterocycles. The van der Waals surface area contributed by atoms with Gasteiger partial charge in [-0.25, -0.2) is 13.2 Å². The topological polar surface area (TPSA) is 83.5 Å². The van der Waals surface area contributed by atoms with Crippen LogP contribution in [0.15, 0.2) is 47.4 Å². The highest BCUT2D eigenvalue weighted by Gasteiger charge is 2.19. The number of halogens is 1. The van der Waals surface area contributed by atoms with Gasteiger partial charge in [-0.05, 0) is 42.8 Å². The van der Waals surface area contributed by atoms with Crippen LogP contribution in [-0.2, 0) is 10.0 Å². The first-order valence-corrected chi connectivity index (χ1v) is 7.78. The number of carboxylic acid groups (broad SMARTS) is 1. The number of carbonyl (C=O) groups is 1. The maximum absolute atomic E-state index is 12.3. The molecule has 0 saturated heterocycles. The van der Waals surface area contributed by atoms with Gasteiger partial charge < -0.3 is 5.11 Å². The van der Waals surface area contributed by atoms with E-state index < -0.39 is 16.0 Å². The second kappa shape index (κ2) is 5.75. The Morgan fingerprint density at radius 1 is 1.14 bits per heavy atom. The first-order chi connectivity index (χ1) is 9.81. The van der Waals surface area contributed by atoms with E-state index in [0.29, 0.717) is 10.6 Å². The van der Waals surface area contributed by atoms with Crippen molar-refractivity contribution in [3.05, 3.63) is 58.6 Å². The Balaban J connectivity index is 2.46. The van der Waals surface area contributed by atoms with Gasteiger partial charge in [-0.2, -0.15) is 0 Å². The van der Waals surface area contributed by atoms with E-state index in [1.807, 2.05) is 0 Å². The fraction of sp³-hybridized carbons (Fsp3) is 0.0714. The van der Waals surface area contributed by atoms with E-state index in [2.05, 4.69) is 4.72 Å². The van der Waals surface area contributed by atoms with Gasteiger partial charge in [-0.15, -0.1) is 0 Å². The summed E-state index contributed by atoms with van der Waals surface area (Å²) in [6, 6.07) is 10.1. The molecule has 0 heterocycles. The molecule has 0 aliphatic rings. The third-order valence-electron chi connectivity index (χ3n) is 2.86. The molecule has 110 valence electrons. The molecule has 0 saturated carbocycles. The number of carboxylic acids is 1. The zero-order valence-electron chi connectivity index (χ0n) is 11.0. The number of para-hydroxylation sites is 1. The number of hydrogen-bond acceptors (Lipinski definition) is 3. The second-order valence-corrected chi connectivity index (χ2v) is 6.48. The van der Waals surface area contributed by atoms with Crippen molar-refractivity contribution in [1.82, 2.24) is 0 Å². The molecule has 0 aliphatic carbocycles. The van der Waals surface area contributed by atoms with Gasteiger partial charge in [0.05, 0.1) is 16.1 Å². The van der Waals surface area contributed by atoms with Crippen molar-refractivity contribution in [3.63, 3.8) is 0 Å². The van der Waals surface area contributed by atoms with E-state index in [9.17, 15) is 13.2 Å². The third-order valence-corrected chi connectivity index (χ3v) is 4.48. The summed E-state index contributed by atoms with van der Waals surface area (Å²) < 4.78 is 26.9. The smallest absolute Gasteiger partial charge is 0.337 e. The lowest BCUT2D eigenvalue weighted by Crippen LogP contribution is -2.16. The van der Waals surface area contributed by atoms with E-state index in [-0.39, 0.29) is 16.1 Å². The number of benzene rings is 2. The summed E-state index contributed by atoms with van der Waals surface area (Å²) in [5.41, 5.74) is 0.472. The highest BCUT2D eigenvalue weighted by molar-refractivity contribution is 7.92. The summed E-state index contributed by atoms with van der Waals surface area (Å²) in [6.07, 6.45) is 0. The zero-order valence-corrected chi connectivity index (χ0v) is 12.6. The van der Waals surface area contributed by atoms with E-state index in [1.54, 1.807) is 19.1 Å². The molecule has 2 aromatic carbocycles. The highest BCUT2D eigenvalue weighted by atomic mass is 35.5. The van der Waals surface area contributed by atoms with Crippen LogP contribution in [0.1, 0.15) is 15.9 Å². The predicted octanol–water partition coefficient (Wildman–Crippen LogP) is 3.15. The molecule has 2 N–H and O–H groups in total. The van der Waals surface area contributed by atoms with Crippen molar-refractivity contribution >= 4 is 33.3 Å². The first-order valence-electron chi connectivity index (χ1n) is 5.92. The van der Waals surface area contributed by atoms with Crippen LogP contribution in [0.2, 0.25) is 5.02 Å². The molecule has 21 heavy (non-hydrogen) atoms. The van der Waals surface area contributed by atoms with Gasteiger partial charge in [0.25, 0.3) is 10.0 Å². The van der Waals surface area contributed by atoms with Crippen molar-refractivity contribution in [2.24, 2.45) is 0 Å². The van der Waals surface area contributed by atoms with Crippen LogP contribution in [0.5, 0.6) is 0 Å². The summed E-state index contributed by atoms with van der Waals surface area (Å²) >= 11 is 5.72. The summed E-state index contributed by atoms with van der Waals surface area (Å²) in [7, 11) is -3.88. The number of aryl methyl sites for hydroxylation is 1. The Bertz CT molecular complexity index is 785. The van der Waals surface area contributed by atoms with Crippen LogP contribution < -0.4 is 4.72 Å². The minimum absolute atomic E-state index is 0.00601. The molecule has 0 spiro atoms. The Kier molecular flexibility index (Phi) is 4.20. The van der Waals surface area contributed by atoms with E-state index >= 15 is 0 Å². The van der Waals surface area contributed by atoms with Crippen molar-refractivity contribution in [1.29, 1.82) is 0 Å². The minimum atomic E-state index is -3.88.